The lowest BCUT2D eigenvalue weighted by Crippen LogP contribution is -1.89. The molecular weight excluding hydrogens is 488 g/mol. The maximum absolute atomic E-state index is 6.14. The van der Waals surface area contributed by atoms with Crippen LogP contribution in [0.4, 0.5) is 0 Å². The molecule has 3 nitrogen and oxygen atoms in total. The summed E-state index contributed by atoms with van der Waals surface area (Å²) in [4.78, 5) is 4.98. The van der Waals surface area contributed by atoms with Crippen LogP contribution in [-0.4, -0.2) is 9.38 Å². The van der Waals surface area contributed by atoms with E-state index in [1.165, 1.54) is 11.1 Å². The van der Waals surface area contributed by atoms with Crippen molar-refractivity contribution in [1.29, 1.82) is 0 Å². The van der Waals surface area contributed by atoms with E-state index in [2.05, 4.69) is 126 Å². The van der Waals surface area contributed by atoms with Crippen molar-refractivity contribution in [2.75, 3.05) is 0 Å². The van der Waals surface area contributed by atoms with Gasteiger partial charge in [-0.05, 0) is 58.7 Å². The molecule has 40 heavy (non-hydrogen) atoms. The first-order valence-corrected chi connectivity index (χ1v) is 13.5. The highest BCUT2D eigenvalue weighted by molar-refractivity contribution is 6.05. The fraction of sp³-hybridized carbons (Fsp3) is 0. The molecule has 0 unspecified atom stereocenters. The van der Waals surface area contributed by atoms with E-state index in [-0.39, 0.29) is 0 Å². The lowest BCUT2D eigenvalue weighted by atomic mass is 9.97. The molecule has 0 aliphatic carbocycles. The number of benzene rings is 5. The molecule has 3 aromatic heterocycles. The fourth-order valence-corrected chi connectivity index (χ4v) is 5.67. The second-order valence-electron chi connectivity index (χ2n) is 10.1. The van der Waals surface area contributed by atoms with Crippen LogP contribution in [0.2, 0.25) is 0 Å². The number of rotatable bonds is 4. The Kier molecular flexibility index (Phi) is 5.14. The van der Waals surface area contributed by atoms with E-state index in [0.29, 0.717) is 0 Å². The van der Waals surface area contributed by atoms with E-state index in [0.717, 1.165) is 61.2 Å². The third kappa shape index (κ3) is 3.71. The number of furan rings is 1. The van der Waals surface area contributed by atoms with Gasteiger partial charge < -0.3 is 4.42 Å². The van der Waals surface area contributed by atoms with Crippen molar-refractivity contribution in [3.05, 3.63) is 146 Å². The summed E-state index contributed by atoms with van der Waals surface area (Å²) in [5.41, 5.74) is 11.8. The highest BCUT2D eigenvalue weighted by atomic mass is 16.3. The lowest BCUT2D eigenvalue weighted by molar-refractivity contribution is 0.669. The number of para-hydroxylation sites is 1. The van der Waals surface area contributed by atoms with Gasteiger partial charge in [-0.2, -0.15) is 0 Å². The summed E-state index contributed by atoms with van der Waals surface area (Å²) in [5.74, 6) is 0. The molecule has 0 atom stereocenters. The van der Waals surface area contributed by atoms with E-state index < -0.39 is 0 Å². The molecule has 8 aromatic rings. The summed E-state index contributed by atoms with van der Waals surface area (Å²) < 4.78 is 8.32. The van der Waals surface area contributed by atoms with Gasteiger partial charge in [0.1, 0.15) is 16.8 Å². The zero-order valence-corrected chi connectivity index (χ0v) is 21.7. The standard InChI is InChI=1S/C37H24N2O/c1-2-9-26(10-3-1)36-37(39-22-7-6-15-35(39)38-36)27-18-16-25(17-19-27)28-11-8-12-29(23-28)30-20-21-32-31-13-4-5-14-33(31)40-34(32)24-30/h1-24H. The maximum Gasteiger partial charge on any atom is 0.137 e. The molecule has 188 valence electrons. The van der Waals surface area contributed by atoms with Crippen LogP contribution in [0.1, 0.15) is 0 Å². The smallest absolute Gasteiger partial charge is 0.137 e. The molecule has 0 amide bonds. The van der Waals surface area contributed by atoms with Crippen molar-refractivity contribution in [1.82, 2.24) is 9.38 Å². The molecule has 0 spiro atoms. The normalized spacial score (nSPS) is 11.5. The zero-order chi connectivity index (χ0) is 26.5. The summed E-state index contributed by atoms with van der Waals surface area (Å²) in [5, 5.41) is 2.30. The van der Waals surface area contributed by atoms with Crippen LogP contribution >= 0.6 is 0 Å². The van der Waals surface area contributed by atoms with E-state index in [1.54, 1.807) is 0 Å². The Hall–Kier alpha value is -5.41. The number of pyridine rings is 1. The Morgan fingerprint density at radius 3 is 1.98 bits per heavy atom. The Morgan fingerprint density at radius 1 is 0.450 bits per heavy atom. The molecule has 0 saturated heterocycles. The van der Waals surface area contributed by atoms with Gasteiger partial charge in [0.25, 0.3) is 0 Å². The lowest BCUT2D eigenvalue weighted by Gasteiger charge is -2.09. The summed E-state index contributed by atoms with van der Waals surface area (Å²) in [6.45, 7) is 0. The van der Waals surface area contributed by atoms with Crippen LogP contribution in [0.5, 0.6) is 0 Å². The molecule has 0 fully saturated rings. The van der Waals surface area contributed by atoms with Gasteiger partial charge >= 0.3 is 0 Å². The van der Waals surface area contributed by atoms with E-state index in [9.17, 15) is 0 Å². The highest BCUT2D eigenvalue weighted by Crippen LogP contribution is 2.36. The largest absolute Gasteiger partial charge is 0.456 e. The van der Waals surface area contributed by atoms with Gasteiger partial charge in [0.15, 0.2) is 0 Å². The maximum atomic E-state index is 6.14. The molecule has 5 aromatic carbocycles. The van der Waals surface area contributed by atoms with E-state index in [1.807, 2.05) is 24.3 Å². The third-order valence-electron chi connectivity index (χ3n) is 7.64. The number of hydrogen-bond acceptors (Lipinski definition) is 2. The summed E-state index contributed by atoms with van der Waals surface area (Å²) in [6.07, 6.45) is 2.08. The summed E-state index contributed by atoms with van der Waals surface area (Å²) in [6, 6.07) is 48.7. The van der Waals surface area contributed by atoms with Gasteiger partial charge in [-0.1, -0.05) is 103 Å². The monoisotopic (exact) mass is 512 g/mol. The Morgan fingerprint density at radius 2 is 1.10 bits per heavy atom. The van der Waals surface area contributed by atoms with Crippen molar-refractivity contribution in [2.24, 2.45) is 0 Å². The number of fused-ring (bicyclic) bond motifs is 4. The fourth-order valence-electron chi connectivity index (χ4n) is 5.67. The van der Waals surface area contributed by atoms with Crippen LogP contribution in [0, 0.1) is 0 Å². The van der Waals surface area contributed by atoms with Gasteiger partial charge in [0, 0.05) is 28.1 Å². The predicted molar refractivity (Wildman–Crippen MR) is 164 cm³/mol. The number of hydrogen-bond donors (Lipinski definition) is 0. The molecular formula is C37H24N2O. The van der Waals surface area contributed by atoms with Crippen LogP contribution in [0.25, 0.3) is 72.4 Å². The van der Waals surface area contributed by atoms with Crippen molar-refractivity contribution in [3.8, 4) is 44.8 Å². The molecule has 0 bridgehead atoms. The molecule has 8 rings (SSSR count). The first-order valence-electron chi connectivity index (χ1n) is 13.5. The quantitative estimate of drug-likeness (QED) is 0.235. The van der Waals surface area contributed by atoms with Gasteiger partial charge in [0.05, 0.1) is 11.4 Å². The van der Waals surface area contributed by atoms with Crippen LogP contribution in [0.15, 0.2) is 150 Å². The minimum Gasteiger partial charge on any atom is -0.456 e. The predicted octanol–water partition coefficient (Wildman–Crippen LogP) is 9.90. The van der Waals surface area contributed by atoms with Gasteiger partial charge in [0.2, 0.25) is 0 Å². The van der Waals surface area contributed by atoms with E-state index in [4.69, 9.17) is 9.40 Å². The molecule has 0 aliphatic heterocycles. The molecule has 0 radical (unpaired) electrons. The zero-order valence-electron chi connectivity index (χ0n) is 21.7. The molecule has 0 N–H and O–H groups in total. The van der Waals surface area contributed by atoms with Gasteiger partial charge in [-0.25, -0.2) is 4.98 Å². The minimum absolute atomic E-state index is 0.913. The third-order valence-corrected chi connectivity index (χ3v) is 7.64. The average Bonchev–Trinajstić information content (AvgIpc) is 3.60. The first-order chi connectivity index (χ1) is 19.8. The van der Waals surface area contributed by atoms with Crippen LogP contribution in [-0.2, 0) is 0 Å². The number of imidazole rings is 1. The second kappa shape index (κ2) is 9.11. The Balaban J connectivity index is 1.17. The molecule has 0 aliphatic rings. The van der Waals surface area contributed by atoms with Crippen LogP contribution in [0.3, 0.4) is 0 Å². The second-order valence-corrected chi connectivity index (χ2v) is 10.1. The molecule has 0 saturated carbocycles. The summed E-state index contributed by atoms with van der Waals surface area (Å²) in [7, 11) is 0. The molecule has 3 heterocycles. The first kappa shape index (κ1) is 22.6. The van der Waals surface area contributed by atoms with Crippen LogP contribution < -0.4 is 0 Å². The topological polar surface area (TPSA) is 30.4 Å². The Bertz CT molecular complexity index is 2150. The van der Waals surface area contributed by atoms with Crippen molar-refractivity contribution >= 4 is 27.6 Å². The van der Waals surface area contributed by atoms with Crippen molar-refractivity contribution in [2.45, 2.75) is 0 Å². The van der Waals surface area contributed by atoms with Crippen molar-refractivity contribution < 1.29 is 4.42 Å². The van der Waals surface area contributed by atoms with Gasteiger partial charge in [-0.3, -0.25) is 4.40 Å². The Labute approximate surface area is 231 Å². The highest BCUT2D eigenvalue weighted by Gasteiger charge is 2.16. The van der Waals surface area contributed by atoms with E-state index >= 15 is 0 Å². The summed E-state index contributed by atoms with van der Waals surface area (Å²) >= 11 is 0. The number of aromatic nitrogens is 2. The molecule has 3 heteroatoms. The SMILES string of the molecule is c1ccc(-c2nc3ccccn3c2-c2ccc(-c3cccc(-c4ccc5c(c4)oc4ccccc45)c3)cc2)cc1. The van der Waals surface area contributed by atoms with Gasteiger partial charge in [-0.15, -0.1) is 0 Å². The minimum atomic E-state index is 0.913. The number of nitrogens with zero attached hydrogens (tertiary/aromatic N) is 2. The van der Waals surface area contributed by atoms with Crippen molar-refractivity contribution in [3.63, 3.8) is 0 Å². The average molecular weight is 513 g/mol.